The van der Waals surface area contributed by atoms with Gasteiger partial charge < -0.3 is 5.73 Å². The van der Waals surface area contributed by atoms with Gasteiger partial charge in [0.15, 0.2) is 0 Å². The molecule has 0 radical (unpaired) electrons. The summed E-state index contributed by atoms with van der Waals surface area (Å²) in [6.07, 6.45) is -3.81. The summed E-state index contributed by atoms with van der Waals surface area (Å²) in [7, 11) is 0. The fourth-order valence-electron chi connectivity index (χ4n) is 2.26. The summed E-state index contributed by atoms with van der Waals surface area (Å²) >= 11 is 0. The molecule has 2 rings (SSSR count). The number of aryl methyl sites for hydroxylation is 1. The van der Waals surface area contributed by atoms with Crippen LogP contribution in [0.2, 0.25) is 0 Å². The first-order chi connectivity index (χ1) is 9.32. The van der Waals surface area contributed by atoms with Gasteiger partial charge in [0.25, 0.3) is 0 Å². The van der Waals surface area contributed by atoms with Gasteiger partial charge in [-0.05, 0) is 43.5 Å². The molecule has 0 spiro atoms. The van der Waals surface area contributed by atoms with Crippen molar-refractivity contribution < 1.29 is 13.2 Å². The molecule has 0 amide bonds. The molecule has 1 aromatic carbocycles. The van der Waals surface area contributed by atoms with Crippen LogP contribution in [0.25, 0.3) is 10.9 Å². The SMILES string of the molecule is Cc1cc(CC(C)CN)nc2c(C(F)(F)F)cccc12. The molecule has 1 unspecified atom stereocenters. The molecule has 1 heterocycles. The Kier molecular flexibility index (Phi) is 3.99. The van der Waals surface area contributed by atoms with Crippen LogP contribution < -0.4 is 5.73 Å². The molecule has 0 saturated carbocycles. The Hall–Kier alpha value is -1.62. The van der Waals surface area contributed by atoms with Crippen LogP contribution >= 0.6 is 0 Å². The van der Waals surface area contributed by atoms with E-state index in [9.17, 15) is 13.2 Å². The maximum atomic E-state index is 13.0. The summed E-state index contributed by atoms with van der Waals surface area (Å²) in [4.78, 5) is 4.21. The van der Waals surface area contributed by atoms with Crippen LogP contribution in [-0.4, -0.2) is 11.5 Å². The summed E-state index contributed by atoms with van der Waals surface area (Å²) in [5.74, 6) is 0.192. The minimum Gasteiger partial charge on any atom is -0.330 e. The first-order valence-corrected chi connectivity index (χ1v) is 6.49. The van der Waals surface area contributed by atoms with Gasteiger partial charge in [0, 0.05) is 11.1 Å². The number of para-hydroxylation sites is 1. The zero-order valence-electron chi connectivity index (χ0n) is 11.5. The number of benzene rings is 1. The van der Waals surface area contributed by atoms with E-state index in [2.05, 4.69) is 4.98 Å². The Morgan fingerprint density at radius 1 is 1.30 bits per heavy atom. The summed E-state index contributed by atoms with van der Waals surface area (Å²) in [6.45, 7) is 4.25. The molecule has 0 saturated heterocycles. The van der Waals surface area contributed by atoms with E-state index in [0.29, 0.717) is 24.0 Å². The number of aromatic nitrogens is 1. The Morgan fingerprint density at radius 2 is 2.00 bits per heavy atom. The fraction of sp³-hybridized carbons (Fsp3) is 0.400. The van der Waals surface area contributed by atoms with E-state index in [4.69, 9.17) is 5.73 Å². The van der Waals surface area contributed by atoms with Crippen molar-refractivity contribution in [2.75, 3.05) is 6.54 Å². The van der Waals surface area contributed by atoms with Gasteiger partial charge in [-0.1, -0.05) is 19.1 Å². The maximum absolute atomic E-state index is 13.0. The third-order valence-corrected chi connectivity index (χ3v) is 3.36. The van der Waals surface area contributed by atoms with Crippen molar-refractivity contribution in [1.82, 2.24) is 4.98 Å². The Balaban J connectivity index is 2.61. The first-order valence-electron chi connectivity index (χ1n) is 6.49. The molecule has 0 bridgehead atoms. The average Bonchev–Trinajstić information content (AvgIpc) is 2.36. The van der Waals surface area contributed by atoms with Gasteiger partial charge in [0.2, 0.25) is 0 Å². The monoisotopic (exact) mass is 282 g/mol. The van der Waals surface area contributed by atoms with Crippen molar-refractivity contribution in [3.8, 4) is 0 Å². The molecular formula is C15H17F3N2. The quantitative estimate of drug-likeness (QED) is 0.932. The average molecular weight is 282 g/mol. The zero-order chi connectivity index (χ0) is 14.9. The van der Waals surface area contributed by atoms with E-state index in [1.54, 1.807) is 13.0 Å². The van der Waals surface area contributed by atoms with Gasteiger partial charge in [-0.15, -0.1) is 0 Å². The number of pyridine rings is 1. The lowest BCUT2D eigenvalue weighted by Gasteiger charge is -2.14. The normalized spacial score (nSPS) is 13.7. The minimum atomic E-state index is -4.39. The van der Waals surface area contributed by atoms with Gasteiger partial charge in [0.1, 0.15) is 0 Å². The number of alkyl halides is 3. The predicted molar refractivity (Wildman–Crippen MR) is 73.4 cm³/mol. The van der Waals surface area contributed by atoms with E-state index in [0.717, 1.165) is 11.6 Å². The van der Waals surface area contributed by atoms with E-state index in [-0.39, 0.29) is 11.4 Å². The predicted octanol–water partition coefficient (Wildman–Crippen LogP) is 3.70. The number of hydrogen-bond acceptors (Lipinski definition) is 2. The molecule has 2 aromatic rings. The molecule has 1 atom stereocenters. The Labute approximate surface area is 115 Å². The Morgan fingerprint density at radius 3 is 2.60 bits per heavy atom. The van der Waals surface area contributed by atoms with Crippen LogP contribution in [0, 0.1) is 12.8 Å². The Bertz CT molecular complexity index is 620. The highest BCUT2D eigenvalue weighted by atomic mass is 19.4. The van der Waals surface area contributed by atoms with Crippen molar-refractivity contribution in [1.29, 1.82) is 0 Å². The van der Waals surface area contributed by atoms with Gasteiger partial charge in [-0.25, -0.2) is 0 Å². The number of halogens is 3. The maximum Gasteiger partial charge on any atom is 0.418 e. The van der Waals surface area contributed by atoms with Crippen molar-refractivity contribution in [2.24, 2.45) is 11.7 Å². The van der Waals surface area contributed by atoms with E-state index >= 15 is 0 Å². The van der Waals surface area contributed by atoms with Gasteiger partial charge >= 0.3 is 6.18 Å². The molecule has 20 heavy (non-hydrogen) atoms. The number of fused-ring (bicyclic) bond motifs is 1. The highest BCUT2D eigenvalue weighted by molar-refractivity contribution is 5.85. The number of rotatable bonds is 3. The van der Waals surface area contributed by atoms with Crippen LogP contribution in [0.5, 0.6) is 0 Å². The van der Waals surface area contributed by atoms with Crippen LogP contribution in [-0.2, 0) is 12.6 Å². The molecule has 2 N–H and O–H groups in total. The van der Waals surface area contributed by atoms with Crippen LogP contribution in [0.15, 0.2) is 24.3 Å². The second kappa shape index (κ2) is 5.40. The molecule has 5 heteroatoms. The van der Waals surface area contributed by atoms with Crippen LogP contribution in [0.4, 0.5) is 13.2 Å². The first kappa shape index (κ1) is 14.8. The highest BCUT2D eigenvalue weighted by Gasteiger charge is 2.33. The zero-order valence-corrected chi connectivity index (χ0v) is 11.5. The molecule has 0 aliphatic heterocycles. The van der Waals surface area contributed by atoms with Gasteiger partial charge in [0.05, 0.1) is 11.1 Å². The van der Waals surface area contributed by atoms with E-state index < -0.39 is 11.7 Å². The lowest BCUT2D eigenvalue weighted by Crippen LogP contribution is -2.14. The third-order valence-electron chi connectivity index (χ3n) is 3.36. The highest BCUT2D eigenvalue weighted by Crippen LogP contribution is 2.34. The van der Waals surface area contributed by atoms with Gasteiger partial charge in [-0.2, -0.15) is 13.2 Å². The molecular weight excluding hydrogens is 265 g/mol. The number of hydrogen-bond donors (Lipinski definition) is 1. The van der Waals surface area contributed by atoms with Crippen molar-refractivity contribution in [3.05, 3.63) is 41.1 Å². The standard InChI is InChI=1S/C15H17F3N2/c1-9(8-19)6-11-7-10(2)12-4-3-5-13(14(12)20-11)15(16,17)18/h3-5,7,9H,6,8,19H2,1-2H3. The second-order valence-electron chi connectivity index (χ2n) is 5.17. The van der Waals surface area contributed by atoms with Crippen LogP contribution in [0.3, 0.4) is 0 Å². The minimum absolute atomic E-state index is 0.0271. The lowest BCUT2D eigenvalue weighted by atomic mass is 10.0. The second-order valence-corrected chi connectivity index (χ2v) is 5.17. The molecule has 0 aliphatic rings. The largest absolute Gasteiger partial charge is 0.418 e. The molecule has 2 nitrogen and oxygen atoms in total. The van der Waals surface area contributed by atoms with E-state index in [1.807, 2.05) is 13.0 Å². The molecule has 108 valence electrons. The fourth-order valence-corrected chi connectivity index (χ4v) is 2.26. The van der Waals surface area contributed by atoms with Crippen molar-refractivity contribution in [2.45, 2.75) is 26.4 Å². The van der Waals surface area contributed by atoms with Gasteiger partial charge in [-0.3, -0.25) is 4.98 Å². The molecule has 0 aliphatic carbocycles. The van der Waals surface area contributed by atoms with Crippen molar-refractivity contribution in [3.63, 3.8) is 0 Å². The topological polar surface area (TPSA) is 38.9 Å². The van der Waals surface area contributed by atoms with E-state index in [1.165, 1.54) is 6.07 Å². The summed E-state index contributed by atoms with van der Waals surface area (Å²) < 4.78 is 39.1. The molecule has 0 fully saturated rings. The summed E-state index contributed by atoms with van der Waals surface area (Å²) in [5.41, 5.74) is 6.37. The molecule has 1 aromatic heterocycles. The van der Waals surface area contributed by atoms with Crippen molar-refractivity contribution >= 4 is 10.9 Å². The van der Waals surface area contributed by atoms with Crippen LogP contribution in [0.1, 0.15) is 23.7 Å². The number of nitrogens with two attached hydrogens (primary N) is 1. The third kappa shape index (κ3) is 2.93. The number of nitrogens with zero attached hydrogens (tertiary/aromatic N) is 1. The summed E-state index contributed by atoms with van der Waals surface area (Å²) in [5, 5.41) is 0.545. The lowest BCUT2D eigenvalue weighted by molar-refractivity contribution is -0.136. The summed E-state index contributed by atoms with van der Waals surface area (Å²) in [6, 6.07) is 6.00. The smallest absolute Gasteiger partial charge is 0.330 e.